The average molecular weight is 831 g/mol. The first kappa shape index (κ1) is 42.7. The number of aliphatic hydroxyl groups is 2. The largest absolute Gasteiger partial charge is 0.389 e. The Morgan fingerprint density at radius 3 is 1.60 bits per heavy atom. The molecular weight excluding hydrogens is 776 g/mol. The lowest BCUT2D eigenvalue weighted by Gasteiger charge is -2.19. The number of ketones is 2. The molecule has 314 valence electrons. The van der Waals surface area contributed by atoms with E-state index in [4.69, 9.17) is 16.7 Å². The second-order valence-corrected chi connectivity index (χ2v) is 18.0. The Balaban J connectivity index is 0.000000182. The lowest BCUT2D eigenvalue weighted by Crippen LogP contribution is -2.29. The lowest BCUT2D eigenvalue weighted by atomic mass is 9.98. The zero-order valence-corrected chi connectivity index (χ0v) is 36.3. The van der Waals surface area contributed by atoms with E-state index in [-0.39, 0.29) is 11.6 Å². The molecule has 60 heavy (non-hydrogen) atoms. The number of aromatic nitrogens is 6. The third kappa shape index (κ3) is 10.5. The molecule has 2 fully saturated rings. The zero-order chi connectivity index (χ0) is 42.9. The van der Waals surface area contributed by atoms with Crippen LogP contribution in [0.3, 0.4) is 0 Å². The van der Waals surface area contributed by atoms with Gasteiger partial charge in [0.25, 0.3) is 0 Å². The van der Waals surface area contributed by atoms with Gasteiger partial charge in [-0.1, -0.05) is 41.9 Å². The normalized spacial score (nSPS) is 14.4. The van der Waals surface area contributed by atoms with E-state index in [1.165, 1.54) is 25.7 Å². The number of allylic oxidation sites excluding steroid dienone is 1. The summed E-state index contributed by atoms with van der Waals surface area (Å²) in [6.45, 7) is 13.6. The Labute approximate surface area is 356 Å². The minimum Gasteiger partial charge on any atom is -0.389 e. The van der Waals surface area contributed by atoms with Crippen LogP contribution >= 0.6 is 11.6 Å². The van der Waals surface area contributed by atoms with Crippen LogP contribution in [0, 0.1) is 25.7 Å². The van der Waals surface area contributed by atoms with Gasteiger partial charge >= 0.3 is 0 Å². The summed E-state index contributed by atoms with van der Waals surface area (Å²) in [5.74, 6) is 1.60. The van der Waals surface area contributed by atoms with E-state index in [1.54, 1.807) is 50.7 Å². The number of hydrogen-bond donors (Lipinski definition) is 4. The highest BCUT2D eigenvalue weighted by Gasteiger charge is 2.27. The predicted molar refractivity (Wildman–Crippen MR) is 239 cm³/mol. The van der Waals surface area contributed by atoms with Crippen LogP contribution in [0.2, 0.25) is 5.15 Å². The Hall–Kier alpha value is -5.43. The minimum absolute atomic E-state index is 0.217. The summed E-state index contributed by atoms with van der Waals surface area (Å²) in [7, 11) is 0. The van der Waals surface area contributed by atoms with Gasteiger partial charge in [-0.15, -0.1) is 0 Å². The maximum Gasteiger partial charge on any atom is 0.177 e. The van der Waals surface area contributed by atoms with Crippen molar-refractivity contribution in [3.8, 4) is 22.5 Å². The molecular formula is C47H55ClN8O4. The van der Waals surface area contributed by atoms with Gasteiger partial charge in [0.15, 0.2) is 28.0 Å². The van der Waals surface area contributed by atoms with E-state index in [9.17, 15) is 19.8 Å². The van der Waals surface area contributed by atoms with Gasteiger partial charge in [-0.25, -0.2) is 19.0 Å². The SMILES string of the molecule is C/C=C/c1cc(NCC(C)(C)O)c2ncc(-c3ccc(C(=O)CC4CC4)c(C)c3)n2n1.Cc1cc(-c2cnc3c(NCC(C)(C)O)cc(Cl)nn23)ccc1C(=O)CC1CC1. The summed E-state index contributed by atoms with van der Waals surface area (Å²) >= 11 is 6.24. The molecule has 0 bridgehead atoms. The summed E-state index contributed by atoms with van der Waals surface area (Å²) in [6, 6.07) is 15.4. The van der Waals surface area contributed by atoms with Crippen LogP contribution in [-0.4, -0.2) is 75.3 Å². The number of carbonyl (C=O) groups excluding carboxylic acids is 2. The van der Waals surface area contributed by atoms with Crippen LogP contribution in [0.15, 0.2) is 67.0 Å². The third-order valence-corrected chi connectivity index (χ3v) is 10.9. The molecule has 2 aromatic carbocycles. The first-order valence-electron chi connectivity index (χ1n) is 20.7. The molecule has 6 aromatic rings. The predicted octanol–water partition coefficient (Wildman–Crippen LogP) is 9.43. The molecule has 0 amide bonds. The maximum absolute atomic E-state index is 12.6. The van der Waals surface area contributed by atoms with Crippen molar-refractivity contribution in [1.29, 1.82) is 0 Å². The van der Waals surface area contributed by atoms with Crippen LogP contribution in [0.4, 0.5) is 11.4 Å². The highest BCUT2D eigenvalue weighted by atomic mass is 35.5. The van der Waals surface area contributed by atoms with E-state index >= 15 is 0 Å². The molecule has 0 saturated heterocycles. The molecule has 4 aromatic heterocycles. The van der Waals surface area contributed by atoms with E-state index in [0.717, 1.165) is 56.1 Å². The fourth-order valence-corrected chi connectivity index (χ4v) is 7.30. The topological polar surface area (TPSA) is 159 Å². The Morgan fingerprint density at radius 1 is 0.733 bits per heavy atom. The molecule has 2 aliphatic carbocycles. The van der Waals surface area contributed by atoms with Crippen LogP contribution in [0.1, 0.15) is 111 Å². The van der Waals surface area contributed by atoms with Gasteiger partial charge < -0.3 is 20.8 Å². The number of imidazole rings is 2. The van der Waals surface area contributed by atoms with Crippen molar-refractivity contribution in [1.82, 2.24) is 29.2 Å². The lowest BCUT2D eigenvalue weighted by molar-refractivity contribution is 0.0939. The van der Waals surface area contributed by atoms with Gasteiger partial charge in [-0.05, 0) is 121 Å². The highest BCUT2D eigenvalue weighted by molar-refractivity contribution is 6.29. The van der Waals surface area contributed by atoms with Crippen molar-refractivity contribution in [2.24, 2.45) is 11.8 Å². The number of halogens is 1. The first-order valence-corrected chi connectivity index (χ1v) is 21.1. The number of rotatable bonds is 15. The molecule has 0 aliphatic heterocycles. The Bertz CT molecular complexity index is 2590. The second kappa shape index (κ2) is 17.3. The van der Waals surface area contributed by atoms with Gasteiger partial charge in [-0.3, -0.25) is 9.59 Å². The number of anilines is 2. The Morgan fingerprint density at radius 2 is 1.18 bits per heavy atom. The summed E-state index contributed by atoms with van der Waals surface area (Å²) in [4.78, 5) is 34.2. The molecule has 8 rings (SSSR count). The average Bonchev–Trinajstić information content (AvgIpc) is 4.09. The summed E-state index contributed by atoms with van der Waals surface area (Å²) in [6.07, 6.45) is 13.4. The summed E-state index contributed by atoms with van der Waals surface area (Å²) in [5.41, 5.74) is 8.94. The number of fused-ring (bicyclic) bond motifs is 2. The zero-order valence-electron chi connectivity index (χ0n) is 35.5. The van der Waals surface area contributed by atoms with Crippen molar-refractivity contribution in [2.75, 3.05) is 23.7 Å². The molecule has 4 heterocycles. The highest BCUT2D eigenvalue weighted by Crippen LogP contribution is 2.36. The smallest absolute Gasteiger partial charge is 0.177 e. The molecule has 2 aliphatic rings. The van der Waals surface area contributed by atoms with Crippen LogP contribution in [0.25, 0.3) is 39.9 Å². The third-order valence-electron chi connectivity index (χ3n) is 10.7. The number of aryl methyl sites for hydroxylation is 2. The van der Waals surface area contributed by atoms with Crippen molar-refractivity contribution in [3.05, 3.63) is 100 Å². The Kier molecular flexibility index (Phi) is 12.3. The van der Waals surface area contributed by atoms with Crippen LogP contribution in [-0.2, 0) is 0 Å². The summed E-state index contributed by atoms with van der Waals surface area (Å²) < 4.78 is 3.51. The van der Waals surface area contributed by atoms with Crippen molar-refractivity contribution < 1.29 is 19.8 Å². The standard InChI is InChI=1S/C25H30N4O2.C22H25ClN4O2/c1-5-6-19-13-21(27-15-25(3,4)31)24-26-14-22(29(24)28-19)18-9-10-20(16(2)11-18)23(30)12-17-7-8-17;1-13-8-15(6-7-16(13)19(28)9-14-4-5-14)18-11-24-21-17(25-12-22(2,3)29)10-20(23)26-27(18)21/h5-6,9-11,13-14,17,27,31H,7-8,12,15H2,1-4H3;6-8,10-11,14,25,29H,4-5,9,12H2,1-3H3/b6-5+;. The van der Waals surface area contributed by atoms with Crippen LogP contribution < -0.4 is 10.6 Å². The fourth-order valence-electron chi connectivity index (χ4n) is 7.12. The molecule has 0 unspecified atom stereocenters. The minimum atomic E-state index is -0.873. The first-order chi connectivity index (χ1) is 28.5. The van der Waals surface area contributed by atoms with Crippen molar-refractivity contribution in [2.45, 2.75) is 98.2 Å². The van der Waals surface area contributed by atoms with Crippen molar-refractivity contribution in [3.63, 3.8) is 0 Å². The molecule has 0 spiro atoms. The number of nitrogens with one attached hydrogen (secondary N) is 2. The number of benzene rings is 2. The number of carbonyl (C=O) groups is 2. The molecule has 0 radical (unpaired) electrons. The van der Waals surface area contributed by atoms with E-state index in [2.05, 4.69) is 25.7 Å². The fraction of sp³-hybridized carbons (Fsp3) is 0.404. The van der Waals surface area contributed by atoms with E-state index < -0.39 is 11.2 Å². The molecule has 2 saturated carbocycles. The monoisotopic (exact) mass is 830 g/mol. The van der Waals surface area contributed by atoms with E-state index in [0.29, 0.717) is 59.9 Å². The van der Waals surface area contributed by atoms with E-state index in [1.807, 2.05) is 79.9 Å². The van der Waals surface area contributed by atoms with Gasteiger partial charge in [0.1, 0.15) is 0 Å². The maximum atomic E-state index is 12.6. The molecule has 0 atom stereocenters. The van der Waals surface area contributed by atoms with Crippen molar-refractivity contribution >= 4 is 51.9 Å². The molecule has 13 heteroatoms. The molecule has 4 N–H and O–H groups in total. The van der Waals surface area contributed by atoms with Gasteiger partial charge in [0.05, 0.1) is 52.1 Å². The van der Waals surface area contributed by atoms with Gasteiger partial charge in [0, 0.05) is 54.3 Å². The summed E-state index contributed by atoms with van der Waals surface area (Å²) in [5, 5.41) is 36.1. The number of hydrogen-bond acceptors (Lipinski definition) is 10. The quantitative estimate of drug-likeness (QED) is 0.0735. The molecule has 12 nitrogen and oxygen atoms in total. The number of nitrogens with zero attached hydrogens (tertiary/aromatic N) is 6. The van der Waals surface area contributed by atoms with Gasteiger partial charge in [0.2, 0.25) is 0 Å². The second-order valence-electron chi connectivity index (χ2n) is 17.7. The van der Waals surface area contributed by atoms with Gasteiger partial charge in [-0.2, -0.15) is 10.2 Å². The number of Topliss-reactive ketones (excluding diaryl/α,β-unsaturated/α-hetero) is 2. The van der Waals surface area contributed by atoms with Crippen LogP contribution in [0.5, 0.6) is 0 Å².